The van der Waals surface area contributed by atoms with Crippen LogP contribution in [0.1, 0.15) is 51.3 Å². The zero-order chi connectivity index (χ0) is 15.1. The van der Waals surface area contributed by atoms with E-state index in [1.807, 2.05) is 6.20 Å². The van der Waals surface area contributed by atoms with E-state index in [2.05, 4.69) is 58.6 Å². The average molecular weight is 345 g/mol. The molecule has 1 heterocycles. The van der Waals surface area contributed by atoms with Gasteiger partial charge in [0.1, 0.15) is 0 Å². The minimum absolute atomic E-state index is 0.0638. The van der Waals surface area contributed by atoms with Gasteiger partial charge in [0.15, 0.2) is 0 Å². The van der Waals surface area contributed by atoms with Crippen LogP contribution < -0.4 is 5.73 Å². The van der Waals surface area contributed by atoms with E-state index in [9.17, 15) is 0 Å². The van der Waals surface area contributed by atoms with Gasteiger partial charge in [-0.25, -0.2) is 0 Å². The second-order valence-corrected chi connectivity index (χ2v) is 6.62. The molecule has 0 amide bonds. The summed E-state index contributed by atoms with van der Waals surface area (Å²) in [6.07, 6.45) is 6.60. The molecule has 0 fully saturated rings. The van der Waals surface area contributed by atoms with Gasteiger partial charge in [0.25, 0.3) is 0 Å². The van der Waals surface area contributed by atoms with Crippen LogP contribution in [0.4, 0.5) is 0 Å². The van der Waals surface area contributed by atoms with Gasteiger partial charge >= 0.3 is 0 Å². The highest BCUT2D eigenvalue weighted by molar-refractivity contribution is 9.10. The Labute approximate surface area is 131 Å². The fourth-order valence-electron chi connectivity index (χ4n) is 2.64. The summed E-state index contributed by atoms with van der Waals surface area (Å²) in [6, 6.07) is 0.0638. The summed E-state index contributed by atoms with van der Waals surface area (Å²) in [5.41, 5.74) is 7.71. The molecule has 5 heteroatoms. The fourth-order valence-corrected chi connectivity index (χ4v) is 3.21. The molecule has 1 atom stereocenters. The third-order valence-corrected chi connectivity index (χ3v) is 4.35. The molecule has 1 aromatic heterocycles. The second kappa shape index (κ2) is 8.80. The summed E-state index contributed by atoms with van der Waals surface area (Å²) in [6.45, 7) is 6.31. The van der Waals surface area contributed by atoms with Crippen molar-refractivity contribution in [3.05, 3.63) is 16.4 Å². The lowest BCUT2D eigenvalue weighted by Crippen LogP contribution is -2.27. The van der Waals surface area contributed by atoms with Gasteiger partial charge in [-0.1, -0.05) is 26.7 Å². The number of likely N-dealkylation sites (N-methyl/N-ethyl adjacent to an activating group) is 1. The Morgan fingerprint density at radius 1 is 1.30 bits per heavy atom. The minimum atomic E-state index is 0.0638. The van der Waals surface area contributed by atoms with Gasteiger partial charge in [-0.3, -0.25) is 4.68 Å². The maximum absolute atomic E-state index is 6.56. The predicted octanol–water partition coefficient (Wildman–Crippen LogP) is 3.42. The van der Waals surface area contributed by atoms with Crippen LogP contribution in [-0.2, 0) is 6.54 Å². The Balaban J connectivity index is 2.88. The summed E-state index contributed by atoms with van der Waals surface area (Å²) >= 11 is 3.62. The topological polar surface area (TPSA) is 47.1 Å². The number of hydrogen-bond acceptors (Lipinski definition) is 3. The lowest BCUT2D eigenvalue weighted by atomic mass is 9.89. The van der Waals surface area contributed by atoms with Gasteiger partial charge in [-0.05, 0) is 48.8 Å². The number of nitrogens with two attached hydrogens (primary N) is 1. The first-order valence-corrected chi connectivity index (χ1v) is 8.42. The average Bonchev–Trinajstić information content (AvgIpc) is 2.76. The van der Waals surface area contributed by atoms with Crippen LogP contribution in [0.2, 0.25) is 0 Å². The molecule has 0 spiro atoms. The molecule has 0 radical (unpaired) electrons. The number of aromatic nitrogens is 2. The van der Waals surface area contributed by atoms with Crippen LogP contribution in [-0.4, -0.2) is 35.3 Å². The molecule has 20 heavy (non-hydrogen) atoms. The molecule has 0 bridgehead atoms. The molecular weight excluding hydrogens is 316 g/mol. The summed E-state index contributed by atoms with van der Waals surface area (Å²) in [5, 5.41) is 4.47. The molecule has 0 aliphatic carbocycles. The van der Waals surface area contributed by atoms with Crippen LogP contribution in [0, 0.1) is 5.92 Å². The van der Waals surface area contributed by atoms with Crippen molar-refractivity contribution in [3.63, 3.8) is 0 Å². The summed E-state index contributed by atoms with van der Waals surface area (Å²) < 4.78 is 3.11. The van der Waals surface area contributed by atoms with E-state index in [0.29, 0.717) is 5.92 Å². The van der Waals surface area contributed by atoms with E-state index in [4.69, 9.17) is 5.73 Å². The minimum Gasteiger partial charge on any atom is -0.322 e. The molecule has 116 valence electrons. The van der Waals surface area contributed by atoms with Crippen LogP contribution in [0.3, 0.4) is 0 Å². The van der Waals surface area contributed by atoms with Gasteiger partial charge < -0.3 is 10.6 Å². The van der Waals surface area contributed by atoms with E-state index < -0.39 is 0 Å². The van der Waals surface area contributed by atoms with Crippen LogP contribution in [0.25, 0.3) is 0 Å². The first-order valence-electron chi connectivity index (χ1n) is 7.62. The maximum atomic E-state index is 6.56. The standard InChI is InChI=1S/C15H29BrN4/c1-5-7-12(8-6-2)14(17)15-13(16)11-18-20(15)10-9-19(3)4/h11-12,14H,5-10,17H2,1-4H3. The SMILES string of the molecule is CCCC(CCC)C(N)c1c(Br)cnn1CCN(C)C. The van der Waals surface area contributed by atoms with Gasteiger partial charge in [0.2, 0.25) is 0 Å². The highest BCUT2D eigenvalue weighted by Gasteiger charge is 2.24. The predicted molar refractivity (Wildman–Crippen MR) is 88.7 cm³/mol. The highest BCUT2D eigenvalue weighted by atomic mass is 79.9. The van der Waals surface area contributed by atoms with Crippen molar-refractivity contribution >= 4 is 15.9 Å². The van der Waals surface area contributed by atoms with Crippen molar-refractivity contribution < 1.29 is 0 Å². The van der Waals surface area contributed by atoms with E-state index in [1.54, 1.807) is 0 Å². The third kappa shape index (κ3) is 4.86. The zero-order valence-corrected chi connectivity index (χ0v) is 14.9. The maximum Gasteiger partial charge on any atom is 0.0696 e. The third-order valence-electron chi connectivity index (χ3n) is 3.73. The monoisotopic (exact) mass is 344 g/mol. The second-order valence-electron chi connectivity index (χ2n) is 5.77. The van der Waals surface area contributed by atoms with Crippen molar-refractivity contribution in [3.8, 4) is 0 Å². The van der Waals surface area contributed by atoms with Crippen molar-refractivity contribution in [1.29, 1.82) is 0 Å². The Bertz CT molecular complexity index is 383. The molecule has 1 unspecified atom stereocenters. The first-order chi connectivity index (χ1) is 9.51. The van der Waals surface area contributed by atoms with E-state index >= 15 is 0 Å². The highest BCUT2D eigenvalue weighted by Crippen LogP contribution is 2.31. The molecule has 1 rings (SSSR count). The van der Waals surface area contributed by atoms with E-state index in [-0.39, 0.29) is 6.04 Å². The summed E-state index contributed by atoms with van der Waals surface area (Å²) in [5.74, 6) is 0.538. The largest absolute Gasteiger partial charge is 0.322 e. The molecule has 0 aliphatic heterocycles. The first kappa shape index (κ1) is 17.7. The number of nitrogens with zero attached hydrogens (tertiary/aromatic N) is 3. The normalized spacial score (nSPS) is 13.4. The molecule has 0 aliphatic rings. The molecule has 4 nitrogen and oxygen atoms in total. The van der Waals surface area contributed by atoms with Crippen LogP contribution >= 0.6 is 15.9 Å². The molecule has 0 saturated heterocycles. The molecule has 1 aromatic rings. The molecule has 0 aromatic carbocycles. The zero-order valence-electron chi connectivity index (χ0n) is 13.3. The van der Waals surface area contributed by atoms with Crippen molar-refractivity contribution in [1.82, 2.24) is 14.7 Å². The van der Waals surface area contributed by atoms with Gasteiger partial charge in [-0.2, -0.15) is 5.10 Å². The van der Waals surface area contributed by atoms with Crippen LogP contribution in [0.5, 0.6) is 0 Å². The summed E-state index contributed by atoms with van der Waals surface area (Å²) in [4.78, 5) is 2.17. The van der Waals surface area contributed by atoms with E-state index in [1.165, 1.54) is 25.7 Å². The number of hydrogen-bond donors (Lipinski definition) is 1. The quantitative estimate of drug-likeness (QED) is 0.746. The van der Waals surface area contributed by atoms with Gasteiger partial charge in [0.05, 0.1) is 29.0 Å². The number of halogens is 1. The number of rotatable bonds is 9. The smallest absolute Gasteiger partial charge is 0.0696 e. The van der Waals surface area contributed by atoms with Gasteiger partial charge in [-0.15, -0.1) is 0 Å². The summed E-state index contributed by atoms with van der Waals surface area (Å²) in [7, 11) is 4.16. The Hall–Kier alpha value is -0.390. The van der Waals surface area contributed by atoms with Crippen molar-refractivity contribution in [2.45, 2.75) is 52.1 Å². The van der Waals surface area contributed by atoms with Gasteiger partial charge in [0, 0.05) is 6.54 Å². The van der Waals surface area contributed by atoms with Crippen molar-refractivity contribution in [2.75, 3.05) is 20.6 Å². The lowest BCUT2D eigenvalue weighted by molar-refractivity contribution is 0.332. The molecular formula is C15H29BrN4. The Morgan fingerprint density at radius 3 is 2.40 bits per heavy atom. The van der Waals surface area contributed by atoms with E-state index in [0.717, 1.165) is 23.3 Å². The van der Waals surface area contributed by atoms with Crippen molar-refractivity contribution in [2.24, 2.45) is 11.7 Å². The fraction of sp³-hybridized carbons (Fsp3) is 0.800. The van der Waals surface area contributed by atoms with Crippen LogP contribution in [0.15, 0.2) is 10.7 Å². The molecule has 2 N–H and O–H groups in total. The Kier molecular flexibility index (Phi) is 7.77. The lowest BCUT2D eigenvalue weighted by Gasteiger charge is -2.25. The Morgan fingerprint density at radius 2 is 1.90 bits per heavy atom. The molecule has 0 saturated carbocycles.